The number of carbonyl (C=O) groups excluding carboxylic acids is 1. The molecule has 2 N–H and O–H groups in total. The highest BCUT2D eigenvalue weighted by atomic mass is 32.2. The van der Waals surface area contributed by atoms with E-state index in [1.54, 1.807) is 6.08 Å². The molecule has 151 valence electrons. The Kier molecular flexibility index (Phi) is 5.00. The Bertz CT molecular complexity index is 904. The molecule has 1 saturated heterocycles. The van der Waals surface area contributed by atoms with Gasteiger partial charge in [-0.05, 0) is 87.6 Å². The number of anilines is 1. The molecular formula is C21H28N3O3S. The number of sulfonamides is 1. The molecule has 1 aliphatic heterocycles. The molecule has 1 heterocycles. The molecule has 4 rings (SSSR count). The lowest BCUT2D eigenvalue weighted by Gasteiger charge is -2.48. The second-order valence-electron chi connectivity index (χ2n) is 8.23. The Morgan fingerprint density at radius 1 is 1.21 bits per heavy atom. The minimum atomic E-state index is -3.86. The predicted molar refractivity (Wildman–Crippen MR) is 111 cm³/mol. The molecule has 2 amide bonds. The Labute approximate surface area is 167 Å². The first kappa shape index (κ1) is 19.5. The van der Waals surface area contributed by atoms with Crippen LogP contribution in [0.15, 0.2) is 17.6 Å². The lowest BCUT2D eigenvalue weighted by Crippen LogP contribution is -2.56. The molecule has 1 radical (unpaired) electrons. The predicted octanol–water partition coefficient (Wildman–Crippen LogP) is 2.93. The second-order valence-corrected chi connectivity index (χ2v) is 9.80. The summed E-state index contributed by atoms with van der Waals surface area (Å²) in [6.45, 7) is 7.37. The Balaban J connectivity index is 1.48. The van der Waals surface area contributed by atoms with Gasteiger partial charge in [-0.2, -0.15) is 0 Å². The zero-order valence-corrected chi connectivity index (χ0v) is 17.2. The molecule has 1 fully saturated rings. The molecule has 0 aromatic heterocycles. The average molecular weight is 403 g/mol. The fourth-order valence-corrected chi connectivity index (χ4v) is 5.53. The van der Waals surface area contributed by atoms with Gasteiger partial charge in [-0.3, -0.25) is 4.90 Å². The summed E-state index contributed by atoms with van der Waals surface area (Å²) in [7, 11) is -3.86. The van der Waals surface area contributed by atoms with Gasteiger partial charge in [0.2, 0.25) is 0 Å². The van der Waals surface area contributed by atoms with E-state index in [2.05, 4.69) is 27.9 Å². The summed E-state index contributed by atoms with van der Waals surface area (Å²) in [4.78, 5) is 14.6. The van der Waals surface area contributed by atoms with Crippen LogP contribution in [0.2, 0.25) is 0 Å². The molecule has 1 aromatic rings. The number of amides is 2. The summed E-state index contributed by atoms with van der Waals surface area (Å²) >= 11 is 0. The Morgan fingerprint density at radius 3 is 2.39 bits per heavy atom. The number of rotatable bonds is 5. The molecule has 2 aliphatic carbocycles. The van der Waals surface area contributed by atoms with Crippen LogP contribution in [0.1, 0.15) is 48.4 Å². The Hall–Kier alpha value is -1.86. The third-order valence-corrected chi connectivity index (χ3v) is 7.40. The zero-order valence-electron chi connectivity index (χ0n) is 16.4. The molecule has 28 heavy (non-hydrogen) atoms. The summed E-state index contributed by atoms with van der Waals surface area (Å²) in [5.41, 5.74) is 5.48. The summed E-state index contributed by atoms with van der Waals surface area (Å²) in [5, 5.41) is 3.97. The second kappa shape index (κ2) is 7.19. The van der Waals surface area contributed by atoms with E-state index >= 15 is 0 Å². The van der Waals surface area contributed by atoms with Crippen molar-refractivity contribution in [3.05, 3.63) is 46.7 Å². The highest BCUT2D eigenvalue weighted by Crippen LogP contribution is 2.38. The maximum atomic E-state index is 12.5. The van der Waals surface area contributed by atoms with Gasteiger partial charge in [0.1, 0.15) is 0 Å². The Morgan fingerprint density at radius 2 is 1.86 bits per heavy atom. The van der Waals surface area contributed by atoms with Gasteiger partial charge in [-0.25, -0.2) is 17.9 Å². The van der Waals surface area contributed by atoms with Gasteiger partial charge in [-0.15, -0.1) is 0 Å². The molecule has 1 atom stereocenters. The van der Waals surface area contributed by atoms with Crippen LogP contribution in [-0.4, -0.2) is 38.0 Å². The molecule has 6 nitrogen and oxygen atoms in total. The molecule has 1 unspecified atom stereocenters. The standard InChI is InChI=1S/C21H28N3O3S/c1-3-24-12-10-21(24,2)11-13-28(26,27)23-20(25)22-19-17-8-4-6-15(17)14-16-7-5-9-18(16)19/h11,13-14H,1,3-10,12H2,2H3,(H2,22,23,25)/b13-11+. The largest absolute Gasteiger partial charge is 0.333 e. The van der Waals surface area contributed by atoms with E-state index in [9.17, 15) is 13.2 Å². The number of likely N-dealkylation sites (tertiary alicyclic amines) is 1. The first-order valence-corrected chi connectivity index (χ1v) is 11.6. The van der Waals surface area contributed by atoms with Crippen LogP contribution in [-0.2, 0) is 35.7 Å². The third kappa shape index (κ3) is 3.57. The summed E-state index contributed by atoms with van der Waals surface area (Å²) in [5.74, 6) is 0. The first-order chi connectivity index (χ1) is 13.3. The number of hydrogen-bond acceptors (Lipinski definition) is 4. The summed E-state index contributed by atoms with van der Waals surface area (Å²) in [6.07, 6.45) is 8.61. The fourth-order valence-electron chi connectivity index (χ4n) is 4.68. The zero-order chi connectivity index (χ0) is 19.9. The van der Waals surface area contributed by atoms with Crippen molar-refractivity contribution in [2.45, 2.75) is 57.4 Å². The van der Waals surface area contributed by atoms with E-state index in [1.165, 1.54) is 22.3 Å². The van der Waals surface area contributed by atoms with E-state index < -0.39 is 16.1 Å². The van der Waals surface area contributed by atoms with E-state index in [4.69, 9.17) is 0 Å². The van der Waals surface area contributed by atoms with Gasteiger partial charge in [0.25, 0.3) is 10.0 Å². The summed E-state index contributed by atoms with van der Waals surface area (Å²) in [6, 6.07) is 1.59. The minimum absolute atomic E-state index is 0.311. The molecule has 1 aromatic carbocycles. The quantitative estimate of drug-likeness (QED) is 0.794. The van der Waals surface area contributed by atoms with Crippen LogP contribution in [0, 0.1) is 6.92 Å². The van der Waals surface area contributed by atoms with E-state index in [0.29, 0.717) is 6.54 Å². The molecule has 0 spiro atoms. The van der Waals surface area contributed by atoms with Crippen molar-refractivity contribution >= 4 is 21.7 Å². The van der Waals surface area contributed by atoms with Crippen LogP contribution in [0.25, 0.3) is 0 Å². The van der Waals surface area contributed by atoms with E-state index in [0.717, 1.165) is 62.6 Å². The molecule has 0 bridgehead atoms. The lowest BCUT2D eigenvalue weighted by molar-refractivity contribution is 0.0533. The van der Waals surface area contributed by atoms with Crippen LogP contribution in [0.4, 0.5) is 10.5 Å². The third-order valence-electron chi connectivity index (χ3n) is 6.43. The lowest BCUT2D eigenvalue weighted by atomic mass is 9.87. The molecule has 7 heteroatoms. The molecule has 0 saturated carbocycles. The fraction of sp³-hybridized carbons (Fsp3) is 0.524. The monoisotopic (exact) mass is 402 g/mol. The number of aryl methyl sites for hydroxylation is 2. The smallest absolute Gasteiger partial charge is 0.307 e. The number of hydrogen-bond donors (Lipinski definition) is 2. The number of urea groups is 1. The van der Waals surface area contributed by atoms with Gasteiger partial charge in [-0.1, -0.05) is 12.1 Å². The summed E-state index contributed by atoms with van der Waals surface area (Å²) < 4.78 is 26.9. The van der Waals surface area contributed by atoms with Gasteiger partial charge in [0.05, 0.1) is 0 Å². The van der Waals surface area contributed by atoms with Crippen LogP contribution in [0.5, 0.6) is 0 Å². The van der Waals surface area contributed by atoms with Crippen molar-refractivity contribution in [1.82, 2.24) is 9.62 Å². The van der Waals surface area contributed by atoms with Crippen LogP contribution >= 0.6 is 0 Å². The maximum Gasteiger partial charge on any atom is 0.333 e. The van der Waals surface area contributed by atoms with Crippen LogP contribution < -0.4 is 10.0 Å². The molecular weight excluding hydrogens is 374 g/mol. The van der Waals surface area contributed by atoms with Gasteiger partial charge < -0.3 is 5.32 Å². The minimum Gasteiger partial charge on any atom is -0.307 e. The van der Waals surface area contributed by atoms with Crippen molar-refractivity contribution < 1.29 is 13.2 Å². The first-order valence-electron chi connectivity index (χ1n) is 10.1. The van der Waals surface area contributed by atoms with Crippen molar-refractivity contribution in [3.63, 3.8) is 0 Å². The van der Waals surface area contributed by atoms with Crippen molar-refractivity contribution in [2.24, 2.45) is 0 Å². The van der Waals surface area contributed by atoms with Gasteiger partial charge in [0, 0.05) is 23.2 Å². The normalized spacial score (nSPS) is 24.1. The number of nitrogens with zero attached hydrogens (tertiary/aromatic N) is 1. The van der Waals surface area contributed by atoms with Crippen molar-refractivity contribution in [2.75, 3.05) is 18.4 Å². The number of benzene rings is 1. The van der Waals surface area contributed by atoms with Crippen molar-refractivity contribution in [3.8, 4) is 0 Å². The average Bonchev–Trinajstić information content (AvgIpc) is 3.27. The van der Waals surface area contributed by atoms with Gasteiger partial charge in [0.15, 0.2) is 0 Å². The highest BCUT2D eigenvalue weighted by molar-refractivity contribution is 7.92. The SMILES string of the molecule is [CH2]CN1CCC1(C)/C=C/S(=O)(=O)NC(=O)Nc1c2c(cc3c1CCC3)CCC2. The van der Waals surface area contributed by atoms with E-state index in [-0.39, 0.29) is 5.54 Å². The van der Waals surface area contributed by atoms with Crippen molar-refractivity contribution in [1.29, 1.82) is 0 Å². The maximum absolute atomic E-state index is 12.5. The number of nitrogens with one attached hydrogen (secondary N) is 2. The van der Waals surface area contributed by atoms with Gasteiger partial charge >= 0.3 is 6.03 Å². The topological polar surface area (TPSA) is 78.5 Å². The number of fused-ring (bicyclic) bond motifs is 2. The van der Waals surface area contributed by atoms with E-state index in [1.807, 2.05) is 6.92 Å². The highest BCUT2D eigenvalue weighted by Gasteiger charge is 2.37. The van der Waals surface area contributed by atoms with Crippen LogP contribution in [0.3, 0.4) is 0 Å². The molecule has 3 aliphatic rings. The number of carbonyl (C=O) groups is 1.